The lowest BCUT2D eigenvalue weighted by Gasteiger charge is -1.98. The third-order valence-corrected chi connectivity index (χ3v) is 1.97. The number of pyridine rings is 1. The second-order valence-electron chi connectivity index (χ2n) is 2.44. The Morgan fingerprint density at radius 2 is 2.15 bits per heavy atom. The summed E-state index contributed by atoms with van der Waals surface area (Å²) in [6.45, 7) is 0. The molecule has 0 spiro atoms. The van der Waals surface area contributed by atoms with Crippen molar-refractivity contribution < 1.29 is 4.39 Å². The maximum absolute atomic E-state index is 12.5. The predicted molar refractivity (Wildman–Crippen MR) is 49.0 cm³/mol. The van der Waals surface area contributed by atoms with Crippen molar-refractivity contribution in [3.63, 3.8) is 0 Å². The van der Waals surface area contributed by atoms with Gasteiger partial charge in [0.1, 0.15) is 10.9 Å². The number of nitrogens with zero attached hydrogens (tertiary/aromatic N) is 3. The molecule has 5 heteroatoms. The molecule has 0 bridgehead atoms. The first-order chi connectivity index (χ1) is 6.25. The second kappa shape index (κ2) is 3.26. The fraction of sp³-hybridized carbons (Fsp3) is 0. The number of halogens is 2. The highest BCUT2D eigenvalue weighted by Crippen LogP contribution is 2.10. The van der Waals surface area contributed by atoms with E-state index in [1.807, 2.05) is 0 Å². The van der Waals surface area contributed by atoms with Crippen LogP contribution in [0.4, 0.5) is 4.39 Å². The normalized spacial score (nSPS) is 10.3. The molecule has 0 aliphatic heterocycles. The maximum atomic E-state index is 12.5. The van der Waals surface area contributed by atoms with Gasteiger partial charge in [0.2, 0.25) is 5.95 Å². The summed E-state index contributed by atoms with van der Waals surface area (Å²) in [7, 11) is 0. The predicted octanol–water partition coefficient (Wildman–Crippen LogP) is 2.17. The molecule has 0 radical (unpaired) electrons. The van der Waals surface area contributed by atoms with Gasteiger partial charge in [0.25, 0.3) is 0 Å². The quantitative estimate of drug-likeness (QED) is 0.717. The summed E-state index contributed by atoms with van der Waals surface area (Å²) in [5.74, 6) is -0.483. The minimum absolute atomic E-state index is 0.483. The van der Waals surface area contributed by atoms with Gasteiger partial charge in [0.05, 0.1) is 11.9 Å². The highest BCUT2D eigenvalue weighted by Gasteiger charge is 1.98. The van der Waals surface area contributed by atoms with Gasteiger partial charge in [-0.25, -0.2) is 9.97 Å². The second-order valence-corrected chi connectivity index (χ2v) is 3.26. The fourth-order valence-corrected chi connectivity index (χ4v) is 1.27. The zero-order chi connectivity index (χ0) is 9.26. The van der Waals surface area contributed by atoms with Crippen molar-refractivity contribution >= 4 is 15.9 Å². The van der Waals surface area contributed by atoms with E-state index in [9.17, 15) is 4.39 Å². The highest BCUT2D eigenvalue weighted by molar-refractivity contribution is 9.10. The Labute approximate surface area is 82.4 Å². The van der Waals surface area contributed by atoms with Crippen LogP contribution in [-0.4, -0.2) is 14.5 Å². The summed E-state index contributed by atoms with van der Waals surface area (Å²) in [5.41, 5.74) is 0.777. The molecular formula is C8H5BrFN3. The molecule has 0 saturated heterocycles. The van der Waals surface area contributed by atoms with Crippen molar-refractivity contribution in [3.8, 4) is 5.69 Å². The average Bonchev–Trinajstić information content (AvgIpc) is 2.53. The number of aromatic nitrogens is 3. The molecule has 0 aromatic carbocycles. The monoisotopic (exact) mass is 241 g/mol. The first kappa shape index (κ1) is 8.37. The van der Waals surface area contributed by atoms with E-state index in [4.69, 9.17) is 0 Å². The zero-order valence-corrected chi connectivity index (χ0v) is 8.07. The van der Waals surface area contributed by atoms with Gasteiger partial charge in [0, 0.05) is 6.20 Å². The molecule has 3 nitrogen and oxygen atoms in total. The molecule has 2 aromatic heterocycles. The van der Waals surface area contributed by atoms with Gasteiger partial charge < -0.3 is 4.57 Å². The van der Waals surface area contributed by atoms with Crippen LogP contribution in [0.5, 0.6) is 0 Å². The lowest BCUT2D eigenvalue weighted by atomic mass is 10.4. The molecule has 66 valence electrons. The third kappa shape index (κ3) is 1.75. The third-order valence-electron chi connectivity index (χ3n) is 1.56. The van der Waals surface area contributed by atoms with E-state index in [1.54, 1.807) is 23.2 Å². The molecule has 0 amide bonds. The van der Waals surface area contributed by atoms with E-state index in [1.165, 1.54) is 12.3 Å². The standard InChI is InChI=1S/C8H5BrFN3/c9-7-4-13(5-12-7)6-1-2-8(10)11-3-6/h1-5H. The van der Waals surface area contributed by atoms with Crippen LogP contribution in [0.2, 0.25) is 0 Å². The van der Waals surface area contributed by atoms with Crippen molar-refractivity contribution in [1.29, 1.82) is 0 Å². The van der Waals surface area contributed by atoms with Crippen LogP contribution >= 0.6 is 15.9 Å². The SMILES string of the molecule is Fc1ccc(-n2cnc(Br)c2)cn1. The van der Waals surface area contributed by atoms with Gasteiger partial charge in [-0.2, -0.15) is 4.39 Å². The summed E-state index contributed by atoms with van der Waals surface area (Å²) < 4.78 is 14.9. The Balaban J connectivity index is 2.41. The molecule has 0 unspecified atom stereocenters. The Morgan fingerprint density at radius 3 is 2.69 bits per heavy atom. The van der Waals surface area contributed by atoms with Crippen molar-refractivity contribution in [1.82, 2.24) is 14.5 Å². The number of hydrogen-bond acceptors (Lipinski definition) is 2. The van der Waals surface area contributed by atoms with Gasteiger partial charge >= 0.3 is 0 Å². The van der Waals surface area contributed by atoms with Crippen LogP contribution < -0.4 is 0 Å². The van der Waals surface area contributed by atoms with E-state index >= 15 is 0 Å². The molecule has 2 heterocycles. The van der Waals surface area contributed by atoms with Crippen molar-refractivity contribution in [2.24, 2.45) is 0 Å². The minimum Gasteiger partial charge on any atom is -0.304 e. The number of hydrogen-bond donors (Lipinski definition) is 0. The zero-order valence-electron chi connectivity index (χ0n) is 6.48. The molecule has 13 heavy (non-hydrogen) atoms. The first-order valence-corrected chi connectivity index (χ1v) is 4.36. The highest BCUT2D eigenvalue weighted by atomic mass is 79.9. The molecule has 2 rings (SSSR count). The topological polar surface area (TPSA) is 30.7 Å². The van der Waals surface area contributed by atoms with Gasteiger partial charge in [-0.1, -0.05) is 0 Å². The van der Waals surface area contributed by atoms with Crippen molar-refractivity contribution in [2.45, 2.75) is 0 Å². The lowest BCUT2D eigenvalue weighted by Crippen LogP contribution is -1.91. The van der Waals surface area contributed by atoms with Crippen LogP contribution in [0.25, 0.3) is 5.69 Å². The van der Waals surface area contributed by atoms with Gasteiger partial charge in [-0.15, -0.1) is 0 Å². The molecule has 0 N–H and O–H groups in total. The van der Waals surface area contributed by atoms with Crippen LogP contribution in [0, 0.1) is 5.95 Å². The Kier molecular flexibility index (Phi) is 2.10. The Morgan fingerprint density at radius 1 is 1.31 bits per heavy atom. The summed E-state index contributed by atoms with van der Waals surface area (Å²) in [5, 5.41) is 0. The first-order valence-electron chi connectivity index (χ1n) is 3.57. The van der Waals surface area contributed by atoms with E-state index in [0.29, 0.717) is 0 Å². The summed E-state index contributed by atoms with van der Waals surface area (Å²) in [4.78, 5) is 7.51. The minimum atomic E-state index is -0.483. The Hall–Kier alpha value is -1.23. The molecule has 0 saturated carbocycles. The summed E-state index contributed by atoms with van der Waals surface area (Å²) in [6.07, 6.45) is 4.84. The van der Waals surface area contributed by atoms with E-state index in [2.05, 4.69) is 25.9 Å². The van der Waals surface area contributed by atoms with Gasteiger partial charge in [-0.3, -0.25) is 0 Å². The van der Waals surface area contributed by atoms with Crippen LogP contribution in [-0.2, 0) is 0 Å². The van der Waals surface area contributed by atoms with Crippen molar-refractivity contribution in [2.75, 3.05) is 0 Å². The van der Waals surface area contributed by atoms with E-state index in [-0.39, 0.29) is 0 Å². The van der Waals surface area contributed by atoms with E-state index in [0.717, 1.165) is 10.3 Å². The van der Waals surface area contributed by atoms with Crippen molar-refractivity contribution in [3.05, 3.63) is 41.4 Å². The Bertz CT molecular complexity index is 410. The average molecular weight is 242 g/mol. The molecule has 2 aromatic rings. The summed E-state index contributed by atoms with van der Waals surface area (Å²) in [6, 6.07) is 2.94. The number of imidazole rings is 1. The molecule has 0 aliphatic carbocycles. The van der Waals surface area contributed by atoms with Gasteiger partial charge in [0.15, 0.2) is 0 Å². The van der Waals surface area contributed by atoms with Crippen LogP contribution in [0.3, 0.4) is 0 Å². The lowest BCUT2D eigenvalue weighted by molar-refractivity contribution is 0.583. The molecule has 0 fully saturated rings. The summed E-state index contributed by atoms with van der Waals surface area (Å²) >= 11 is 3.22. The van der Waals surface area contributed by atoms with Gasteiger partial charge in [-0.05, 0) is 28.1 Å². The van der Waals surface area contributed by atoms with Crippen LogP contribution in [0.1, 0.15) is 0 Å². The smallest absolute Gasteiger partial charge is 0.212 e. The van der Waals surface area contributed by atoms with E-state index < -0.39 is 5.95 Å². The van der Waals surface area contributed by atoms with Crippen LogP contribution in [0.15, 0.2) is 35.5 Å². The fourth-order valence-electron chi connectivity index (χ4n) is 0.961. The molecular weight excluding hydrogens is 237 g/mol. The largest absolute Gasteiger partial charge is 0.304 e. The number of rotatable bonds is 1. The molecule has 0 aliphatic rings. The molecule has 0 atom stereocenters. The maximum Gasteiger partial charge on any atom is 0.212 e.